The zero-order chi connectivity index (χ0) is 20.3. The molecule has 0 fully saturated rings. The van der Waals surface area contributed by atoms with Gasteiger partial charge in [0.15, 0.2) is 4.80 Å². The van der Waals surface area contributed by atoms with E-state index in [0.29, 0.717) is 4.80 Å². The van der Waals surface area contributed by atoms with Crippen LogP contribution in [0, 0.1) is 17.0 Å². The molecule has 2 aromatic carbocycles. The molecular weight excluding hydrogens is 382 g/mol. The third kappa shape index (κ3) is 3.99. The number of thiazole rings is 1. The maximum atomic E-state index is 12.7. The first-order valence-electron chi connectivity index (χ1n) is 8.40. The number of nitro groups is 1. The van der Waals surface area contributed by atoms with E-state index in [1.54, 1.807) is 10.6 Å². The van der Waals surface area contributed by atoms with E-state index in [9.17, 15) is 19.7 Å². The number of hydrogen-bond donors (Lipinski definition) is 0. The smallest absolute Gasteiger partial charge is 0.307 e. The van der Waals surface area contributed by atoms with Gasteiger partial charge in [0.2, 0.25) is 0 Å². The van der Waals surface area contributed by atoms with Crippen LogP contribution < -0.4 is 4.80 Å². The van der Waals surface area contributed by atoms with Crippen molar-refractivity contribution >= 4 is 39.1 Å². The summed E-state index contributed by atoms with van der Waals surface area (Å²) in [5.41, 5.74) is 1.49. The van der Waals surface area contributed by atoms with Gasteiger partial charge in [-0.1, -0.05) is 29.5 Å². The van der Waals surface area contributed by atoms with Crippen molar-refractivity contribution in [3.8, 4) is 0 Å². The number of esters is 1. The maximum absolute atomic E-state index is 12.7. The van der Waals surface area contributed by atoms with Crippen LogP contribution in [0.3, 0.4) is 0 Å². The normalized spacial score (nSPS) is 11.6. The van der Waals surface area contributed by atoms with Gasteiger partial charge in [-0.3, -0.25) is 19.7 Å². The van der Waals surface area contributed by atoms with Crippen molar-refractivity contribution in [2.75, 3.05) is 7.11 Å². The Labute approximate surface area is 163 Å². The van der Waals surface area contributed by atoms with E-state index in [0.717, 1.165) is 15.8 Å². The number of amides is 1. The predicted octanol–water partition coefficient (Wildman–Crippen LogP) is 3.22. The number of methoxy groups -OCH3 is 1. The average molecular weight is 399 g/mol. The number of benzene rings is 2. The van der Waals surface area contributed by atoms with Crippen LogP contribution in [0.1, 0.15) is 22.3 Å². The monoisotopic (exact) mass is 399 g/mol. The predicted molar refractivity (Wildman–Crippen MR) is 104 cm³/mol. The Morgan fingerprint density at radius 2 is 2.00 bits per heavy atom. The van der Waals surface area contributed by atoms with Gasteiger partial charge in [0.25, 0.3) is 11.6 Å². The van der Waals surface area contributed by atoms with Gasteiger partial charge in [0.1, 0.15) is 5.56 Å². The molecule has 1 amide bonds. The quantitative estimate of drug-likeness (QED) is 0.372. The number of nitro benzene ring substituents is 1. The summed E-state index contributed by atoms with van der Waals surface area (Å²) >= 11 is 1.29. The minimum atomic E-state index is -0.706. The number of nitrogens with zero attached hydrogens (tertiary/aromatic N) is 3. The molecule has 144 valence electrons. The van der Waals surface area contributed by atoms with Gasteiger partial charge in [0, 0.05) is 12.6 Å². The van der Waals surface area contributed by atoms with E-state index in [1.807, 2.05) is 25.1 Å². The Kier molecular flexibility index (Phi) is 5.65. The van der Waals surface area contributed by atoms with Crippen molar-refractivity contribution in [1.29, 1.82) is 0 Å². The van der Waals surface area contributed by atoms with E-state index in [4.69, 9.17) is 4.74 Å². The Morgan fingerprint density at radius 3 is 2.71 bits per heavy atom. The van der Waals surface area contributed by atoms with Crippen molar-refractivity contribution in [1.82, 2.24) is 4.57 Å². The summed E-state index contributed by atoms with van der Waals surface area (Å²) in [6.07, 6.45) is 0.114. The number of hydrogen-bond acceptors (Lipinski definition) is 6. The number of para-hydroxylation sites is 1. The molecule has 0 aliphatic heterocycles. The largest absolute Gasteiger partial charge is 0.469 e. The number of carbonyl (C=O) groups is 2. The lowest BCUT2D eigenvalue weighted by Crippen LogP contribution is -2.19. The van der Waals surface area contributed by atoms with E-state index in [2.05, 4.69) is 4.99 Å². The summed E-state index contributed by atoms with van der Waals surface area (Å²) in [5.74, 6) is -1.09. The number of fused-ring (bicyclic) bond motifs is 1. The summed E-state index contributed by atoms with van der Waals surface area (Å²) in [6.45, 7) is 2.23. The number of aryl methyl sites for hydroxylation is 2. The molecule has 0 N–H and O–H groups in total. The molecule has 0 spiro atoms. The zero-order valence-corrected chi connectivity index (χ0v) is 16.1. The molecule has 28 heavy (non-hydrogen) atoms. The minimum Gasteiger partial charge on any atom is -0.469 e. The fraction of sp³-hybridized carbons (Fsp3) is 0.211. The van der Waals surface area contributed by atoms with E-state index in [1.165, 1.54) is 36.6 Å². The molecule has 0 bridgehead atoms. The topological polar surface area (TPSA) is 104 Å². The fourth-order valence-corrected chi connectivity index (χ4v) is 3.90. The molecule has 9 heteroatoms. The van der Waals surface area contributed by atoms with Gasteiger partial charge in [-0.15, -0.1) is 0 Å². The second-order valence-corrected chi connectivity index (χ2v) is 7.03. The highest BCUT2D eigenvalue weighted by atomic mass is 32.1. The molecule has 1 heterocycles. The molecule has 0 saturated heterocycles. The lowest BCUT2D eigenvalue weighted by atomic mass is 10.2. The van der Waals surface area contributed by atoms with Crippen LogP contribution in [-0.2, 0) is 16.1 Å². The standard InChI is InChI=1S/C19H17N3O5S/c1-12-7-8-15-16(11-12)28-19(21(15)10-9-17(23)27-2)20-18(24)13-5-3-4-6-14(13)22(25)26/h3-8,11H,9-10H2,1-2H3. The first-order valence-corrected chi connectivity index (χ1v) is 9.21. The number of rotatable bonds is 5. The second kappa shape index (κ2) is 8.13. The Hall–Kier alpha value is -3.33. The van der Waals surface area contributed by atoms with Crippen molar-refractivity contribution in [2.45, 2.75) is 19.9 Å². The highest BCUT2D eigenvalue weighted by Gasteiger charge is 2.19. The summed E-state index contributed by atoms with van der Waals surface area (Å²) < 4.78 is 7.35. The molecule has 8 nitrogen and oxygen atoms in total. The molecule has 0 atom stereocenters. The summed E-state index contributed by atoms with van der Waals surface area (Å²) in [6, 6.07) is 11.5. The van der Waals surface area contributed by atoms with Gasteiger partial charge in [-0.2, -0.15) is 4.99 Å². The highest BCUT2D eigenvalue weighted by molar-refractivity contribution is 7.16. The van der Waals surface area contributed by atoms with Gasteiger partial charge in [-0.25, -0.2) is 0 Å². The van der Waals surface area contributed by atoms with Crippen molar-refractivity contribution in [3.63, 3.8) is 0 Å². The van der Waals surface area contributed by atoms with Crippen molar-refractivity contribution in [3.05, 3.63) is 68.5 Å². The molecule has 3 rings (SSSR count). The number of aromatic nitrogens is 1. The molecule has 0 aliphatic carbocycles. The lowest BCUT2D eigenvalue weighted by Gasteiger charge is -2.04. The molecule has 0 unspecified atom stereocenters. The molecule has 0 radical (unpaired) electrons. The zero-order valence-electron chi connectivity index (χ0n) is 15.2. The Balaban J connectivity index is 2.12. The van der Waals surface area contributed by atoms with Crippen LogP contribution in [0.15, 0.2) is 47.5 Å². The van der Waals surface area contributed by atoms with Gasteiger partial charge < -0.3 is 9.30 Å². The fourth-order valence-electron chi connectivity index (χ4n) is 2.75. The number of ether oxygens (including phenoxy) is 1. The minimum absolute atomic E-state index is 0.0827. The molecule has 0 aliphatic rings. The van der Waals surface area contributed by atoms with Crippen LogP contribution in [0.25, 0.3) is 10.2 Å². The van der Waals surface area contributed by atoms with Crippen LogP contribution in [0.5, 0.6) is 0 Å². The maximum Gasteiger partial charge on any atom is 0.307 e. The van der Waals surface area contributed by atoms with E-state index in [-0.39, 0.29) is 30.2 Å². The molecular formula is C19H17N3O5S. The number of carbonyl (C=O) groups excluding carboxylic acids is 2. The highest BCUT2D eigenvalue weighted by Crippen LogP contribution is 2.21. The summed E-state index contributed by atoms with van der Waals surface area (Å²) in [5, 5.41) is 11.2. The van der Waals surface area contributed by atoms with Gasteiger partial charge >= 0.3 is 5.97 Å². The van der Waals surface area contributed by atoms with Crippen LogP contribution >= 0.6 is 11.3 Å². The van der Waals surface area contributed by atoms with Crippen LogP contribution in [-0.4, -0.2) is 28.5 Å². The Bertz CT molecular complexity index is 1150. The van der Waals surface area contributed by atoms with Crippen molar-refractivity contribution < 1.29 is 19.2 Å². The summed E-state index contributed by atoms with van der Waals surface area (Å²) in [4.78, 5) is 39.3. The van der Waals surface area contributed by atoms with Crippen molar-refractivity contribution in [2.24, 2.45) is 4.99 Å². The van der Waals surface area contributed by atoms with E-state index < -0.39 is 10.8 Å². The average Bonchev–Trinajstić information content (AvgIpc) is 3.01. The first-order chi connectivity index (χ1) is 13.4. The molecule has 1 aromatic heterocycles. The second-order valence-electron chi connectivity index (χ2n) is 6.02. The SMILES string of the molecule is COC(=O)CCn1c(=NC(=O)c2ccccc2[N+](=O)[O-])sc2cc(C)ccc21. The van der Waals surface area contributed by atoms with Crippen LogP contribution in [0.4, 0.5) is 5.69 Å². The third-order valence-electron chi connectivity index (χ3n) is 4.13. The first kappa shape index (κ1) is 19.4. The van der Waals surface area contributed by atoms with Gasteiger partial charge in [0.05, 0.1) is 28.7 Å². The van der Waals surface area contributed by atoms with Gasteiger partial charge in [-0.05, 0) is 30.7 Å². The van der Waals surface area contributed by atoms with Crippen LogP contribution in [0.2, 0.25) is 0 Å². The Morgan fingerprint density at radius 1 is 1.25 bits per heavy atom. The van der Waals surface area contributed by atoms with E-state index >= 15 is 0 Å². The molecule has 0 saturated carbocycles. The third-order valence-corrected chi connectivity index (χ3v) is 5.17. The lowest BCUT2D eigenvalue weighted by molar-refractivity contribution is -0.385. The summed E-state index contributed by atoms with van der Waals surface area (Å²) in [7, 11) is 1.31. The molecule has 3 aromatic rings.